The Morgan fingerprint density at radius 2 is 2.00 bits per heavy atom. The zero-order valence-electron chi connectivity index (χ0n) is 7.08. The van der Waals surface area contributed by atoms with Gasteiger partial charge in [0.15, 0.2) is 0 Å². The van der Waals surface area contributed by atoms with Crippen molar-refractivity contribution in [2.45, 2.75) is 11.8 Å². The van der Waals surface area contributed by atoms with Gasteiger partial charge >= 0.3 is 0 Å². The zero-order chi connectivity index (χ0) is 8.97. The summed E-state index contributed by atoms with van der Waals surface area (Å²) >= 11 is 1.65. The molecule has 0 aliphatic rings. The van der Waals surface area contributed by atoms with Gasteiger partial charge in [-0.1, -0.05) is 17.7 Å². The van der Waals surface area contributed by atoms with Crippen molar-refractivity contribution in [1.29, 1.82) is 0 Å². The fourth-order valence-electron chi connectivity index (χ4n) is 0.801. The molecule has 0 unspecified atom stereocenters. The monoisotopic (exact) mass is 181 g/mol. The van der Waals surface area contributed by atoms with E-state index in [1.807, 2.05) is 0 Å². The molecule has 0 aliphatic carbocycles. The minimum absolute atomic E-state index is 0.473. The first-order chi connectivity index (χ1) is 5.68. The van der Waals surface area contributed by atoms with Crippen LogP contribution in [0.15, 0.2) is 29.2 Å². The van der Waals surface area contributed by atoms with Crippen LogP contribution in [0, 0.1) is 6.92 Å². The van der Waals surface area contributed by atoms with E-state index in [1.165, 1.54) is 10.5 Å². The minimum atomic E-state index is 0.473. The highest BCUT2D eigenvalue weighted by Crippen LogP contribution is 2.16. The van der Waals surface area contributed by atoms with E-state index in [2.05, 4.69) is 31.2 Å². The van der Waals surface area contributed by atoms with Crippen LogP contribution in [0.25, 0.3) is 0 Å². The van der Waals surface area contributed by atoms with Crippen molar-refractivity contribution in [3.8, 4) is 0 Å². The lowest BCUT2D eigenvalue weighted by Gasteiger charge is -1.97. The zero-order valence-corrected chi connectivity index (χ0v) is 7.90. The SMILES string of the molecule is Cc1ccc(SCC(N)=[NH2+])cc1. The van der Waals surface area contributed by atoms with Gasteiger partial charge in [0.2, 0.25) is 5.84 Å². The Balaban J connectivity index is 2.53. The van der Waals surface area contributed by atoms with Crippen LogP contribution in [-0.2, 0) is 0 Å². The van der Waals surface area contributed by atoms with Crippen molar-refractivity contribution in [3.05, 3.63) is 29.8 Å². The summed E-state index contributed by atoms with van der Waals surface area (Å²) in [5.41, 5.74) is 6.61. The summed E-state index contributed by atoms with van der Waals surface area (Å²) in [6, 6.07) is 8.30. The molecule has 4 N–H and O–H groups in total. The minimum Gasteiger partial charge on any atom is -0.291 e. The molecule has 0 radical (unpaired) electrons. The van der Waals surface area contributed by atoms with E-state index in [0.29, 0.717) is 11.6 Å². The lowest BCUT2D eigenvalue weighted by Crippen LogP contribution is -2.47. The van der Waals surface area contributed by atoms with Crippen LogP contribution in [0.5, 0.6) is 0 Å². The fourth-order valence-corrected chi connectivity index (χ4v) is 1.46. The van der Waals surface area contributed by atoms with Crippen LogP contribution in [-0.4, -0.2) is 11.6 Å². The third-order valence-electron chi connectivity index (χ3n) is 1.43. The first-order valence-electron chi connectivity index (χ1n) is 3.75. The quantitative estimate of drug-likeness (QED) is 0.398. The molecule has 0 aliphatic heterocycles. The largest absolute Gasteiger partial charge is 0.291 e. The van der Waals surface area contributed by atoms with Crippen LogP contribution in [0.3, 0.4) is 0 Å². The molecule has 0 fully saturated rings. The molecule has 3 heteroatoms. The van der Waals surface area contributed by atoms with Gasteiger partial charge in [-0.15, -0.1) is 11.8 Å². The van der Waals surface area contributed by atoms with Crippen molar-refractivity contribution < 1.29 is 5.41 Å². The number of nitrogens with two attached hydrogens (primary N) is 2. The van der Waals surface area contributed by atoms with Crippen LogP contribution in [0.2, 0.25) is 0 Å². The molecule has 0 aromatic heterocycles. The maximum atomic E-state index is 5.34. The third kappa shape index (κ3) is 2.96. The molecule has 0 spiro atoms. The smallest absolute Gasteiger partial charge is 0.248 e. The van der Waals surface area contributed by atoms with Crippen LogP contribution in [0.4, 0.5) is 0 Å². The highest BCUT2D eigenvalue weighted by atomic mass is 32.2. The van der Waals surface area contributed by atoms with Gasteiger partial charge in [0, 0.05) is 4.90 Å². The number of aryl methyl sites for hydroxylation is 1. The number of hydrogen-bond acceptors (Lipinski definition) is 1. The Hall–Kier alpha value is -0.960. The van der Waals surface area contributed by atoms with E-state index in [-0.39, 0.29) is 0 Å². The van der Waals surface area contributed by atoms with E-state index in [4.69, 9.17) is 11.1 Å². The second-order valence-corrected chi connectivity index (χ2v) is 3.73. The Kier molecular flexibility index (Phi) is 3.17. The second kappa shape index (κ2) is 4.16. The average molecular weight is 181 g/mol. The van der Waals surface area contributed by atoms with Gasteiger partial charge in [0.1, 0.15) is 0 Å². The molecule has 0 heterocycles. The summed E-state index contributed by atoms with van der Waals surface area (Å²) < 4.78 is 0. The summed E-state index contributed by atoms with van der Waals surface area (Å²) in [4.78, 5) is 1.20. The Bertz CT molecular complexity index is 266. The molecule has 64 valence electrons. The fraction of sp³-hybridized carbons (Fsp3) is 0.222. The molecule has 0 saturated carbocycles. The van der Waals surface area contributed by atoms with Crippen LogP contribution >= 0.6 is 11.8 Å². The lowest BCUT2D eigenvalue weighted by atomic mass is 10.2. The summed E-state index contributed by atoms with van der Waals surface area (Å²) in [6.45, 7) is 2.07. The standard InChI is InChI=1S/C9H12N2S/c1-7-2-4-8(5-3-7)12-6-9(10)11/h2-5H,6H2,1H3,(H3,10,11)/p+1. The van der Waals surface area contributed by atoms with Crippen molar-refractivity contribution >= 4 is 17.6 Å². The molecule has 1 aromatic rings. The number of benzene rings is 1. The molecule has 1 aromatic carbocycles. The Morgan fingerprint density at radius 1 is 1.42 bits per heavy atom. The van der Waals surface area contributed by atoms with Crippen molar-refractivity contribution in [2.24, 2.45) is 5.73 Å². The Morgan fingerprint density at radius 3 is 2.50 bits per heavy atom. The van der Waals surface area contributed by atoms with E-state index in [0.717, 1.165) is 0 Å². The summed E-state index contributed by atoms with van der Waals surface area (Å²) in [6.07, 6.45) is 0. The summed E-state index contributed by atoms with van der Waals surface area (Å²) in [5, 5.41) is 5.34. The topological polar surface area (TPSA) is 51.6 Å². The molecule has 0 bridgehead atoms. The van der Waals surface area contributed by atoms with E-state index in [9.17, 15) is 0 Å². The summed E-state index contributed by atoms with van der Waals surface area (Å²) in [7, 11) is 0. The van der Waals surface area contributed by atoms with Crippen LogP contribution in [0.1, 0.15) is 5.56 Å². The highest BCUT2D eigenvalue weighted by Gasteiger charge is 1.97. The van der Waals surface area contributed by atoms with Gasteiger partial charge in [0.25, 0.3) is 0 Å². The maximum Gasteiger partial charge on any atom is 0.248 e. The lowest BCUT2D eigenvalue weighted by molar-refractivity contribution is -0.115. The van der Waals surface area contributed by atoms with E-state index in [1.54, 1.807) is 11.8 Å². The van der Waals surface area contributed by atoms with Gasteiger partial charge in [-0.2, -0.15) is 0 Å². The van der Waals surface area contributed by atoms with Crippen molar-refractivity contribution in [2.75, 3.05) is 5.75 Å². The van der Waals surface area contributed by atoms with Gasteiger partial charge in [0.05, 0.1) is 5.75 Å². The Labute approximate surface area is 76.7 Å². The van der Waals surface area contributed by atoms with Gasteiger partial charge in [-0.3, -0.25) is 11.1 Å². The highest BCUT2D eigenvalue weighted by molar-refractivity contribution is 8.00. The van der Waals surface area contributed by atoms with Crippen molar-refractivity contribution in [1.82, 2.24) is 0 Å². The van der Waals surface area contributed by atoms with Crippen LogP contribution < -0.4 is 11.1 Å². The van der Waals surface area contributed by atoms with Gasteiger partial charge in [-0.25, -0.2) is 0 Å². The molecular formula is C9H13N2S+. The molecule has 0 atom stereocenters. The molecule has 1 rings (SSSR count). The number of hydrogen-bond donors (Lipinski definition) is 2. The maximum absolute atomic E-state index is 5.34. The second-order valence-electron chi connectivity index (χ2n) is 2.68. The van der Waals surface area contributed by atoms with Crippen molar-refractivity contribution in [3.63, 3.8) is 0 Å². The summed E-state index contributed by atoms with van der Waals surface area (Å²) in [5.74, 6) is 1.16. The predicted octanol–water partition coefficient (Wildman–Crippen LogP) is 0.203. The normalized spacial score (nSPS) is 9.75. The first-order valence-corrected chi connectivity index (χ1v) is 4.73. The number of amidine groups is 1. The van der Waals surface area contributed by atoms with Gasteiger partial charge < -0.3 is 0 Å². The van der Waals surface area contributed by atoms with Gasteiger partial charge in [-0.05, 0) is 19.1 Å². The predicted molar refractivity (Wildman–Crippen MR) is 53.0 cm³/mol. The molecule has 0 saturated heterocycles. The molecular weight excluding hydrogens is 168 g/mol. The van der Waals surface area contributed by atoms with E-state index >= 15 is 0 Å². The third-order valence-corrected chi connectivity index (χ3v) is 2.51. The molecule has 0 amide bonds. The average Bonchev–Trinajstić information content (AvgIpc) is 2.03. The molecule has 2 nitrogen and oxygen atoms in total. The van der Waals surface area contributed by atoms with E-state index < -0.39 is 0 Å². The number of rotatable bonds is 3. The molecule has 12 heavy (non-hydrogen) atoms. The number of thioether (sulfide) groups is 1. The first kappa shape index (κ1) is 9.13.